The summed E-state index contributed by atoms with van der Waals surface area (Å²) in [7, 11) is 0. The molecule has 0 aliphatic heterocycles. The number of hydrogen-bond donors (Lipinski definition) is 4. The summed E-state index contributed by atoms with van der Waals surface area (Å²) in [6.07, 6.45) is 39.1. The maximum atomic E-state index is 11.4. The molecule has 0 atom stereocenters. The standard InChI is InChI=1S/C13H21N3O2.C11H19N3O.C11H17N3O.C9H16O2.C9H18O.C8H15N3O/c1-3-18-13(17)10(2)4-5-11-6-8-12(9-7-11)15-16-14;2*1-9(8-15)2-3-10-4-6-11(7-5-10)13-14-12;1-7-2-4-8(5-3-7)6-9(10)11;1-8-2-4-9(5-3-8)6-7-10;9-11-10-8-3-1-7(2-4-8)5-6-12/h4,11-12H,3,5-9H2,1-2H3;2,10-11,15H,3-8H2,1H3;2,8,10-11H,3-7H2,1H3;7-8H,2-6H2,1H3,(H,10,11);8-10H,2-7H2,1H3;7-8,12H,1-6H2/b10-4+;2*9-2+;;;. The molecule has 6 rings (SSSR count). The number of carbonyl (C=O) groups is 3. The molecule has 0 saturated heterocycles. The van der Waals surface area contributed by atoms with Crippen molar-refractivity contribution < 1.29 is 39.5 Å². The molecular weight excluding hydrogens is 1030 g/mol. The molecule has 0 aromatic carbocycles. The van der Waals surface area contributed by atoms with Gasteiger partial charge in [0.25, 0.3) is 0 Å². The SMILES string of the molecule is C/C(=C\CC1CCC(N=[N+]=[N-])CC1)CO.C/C(C=O)=C\CC1CCC(N=[N+]=[N-])CC1.CC1CCC(CC(=O)O)CC1.CC1CCC(CCO)CC1.CCOC(=O)/C(C)=C/CC1CCC(N=[N+]=[N-])CC1.[N-]=[N+]=NC1CCC(CCO)CC1. The van der Waals surface area contributed by atoms with Crippen molar-refractivity contribution in [1.82, 2.24) is 0 Å². The molecule has 458 valence electrons. The molecule has 4 N–H and O–H groups in total. The van der Waals surface area contributed by atoms with Crippen molar-refractivity contribution in [1.29, 1.82) is 0 Å². The van der Waals surface area contributed by atoms with Gasteiger partial charge in [-0.25, -0.2) is 4.79 Å². The van der Waals surface area contributed by atoms with Gasteiger partial charge in [-0.05, 0) is 250 Å². The quantitative estimate of drug-likeness (QED) is 0.0172. The first-order chi connectivity index (χ1) is 39.1. The van der Waals surface area contributed by atoms with Crippen molar-refractivity contribution in [3.63, 3.8) is 0 Å². The van der Waals surface area contributed by atoms with Gasteiger partial charge in [0.05, 0.1) is 13.2 Å². The largest absolute Gasteiger partial charge is 0.481 e. The van der Waals surface area contributed by atoms with Crippen molar-refractivity contribution >= 4 is 18.2 Å². The number of aliphatic hydroxyl groups excluding tert-OH is 3. The highest BCUT2D eigenvalue weighted by Gasteiger charge is 2.24. The molecule has 20 heteroatoms. The van der Waals surface area contributed by atoms with Gasteiger partial charge in [-0.15, -0.1) is 0 Å². The van der Waals surface area contributed by atoms with Crippen LogP contribution in [0.25, 0.3) is 41.8 Å². The number of aliphatic hydroxyl groups is 3. The summed E-state index contributed by atoms with van der Waals surface area (Å²) in [5, 5.41) is 49.7. The molecule has 6 saturated carbocycles. The zero-order chi connectivity index (χ0) is 60.0. The first kappa shape index (κ1) is 74.0. The molecule has 6 aliphatic rings. The molecule has 20 nitrogen and oxygen atoms in total. The number of azide groups is 4. The van der Waals surface area contributed by atoms with E-state index in [2.05, 4.69) is 60.0 Å². The predicted molar refractivity (Wildman–Crippen MR) is 322 cm³/mol. The van der Waals surface area contributed by atoms with E-state index in [1.165, 1.54) is 38.5 Å². The second-order valence-electron chi connectivity index (χ2n) is 24.0. The normalized spacial score (nSPS) is 28.3. The fraction of sp³-hybridized carbons (Fsp3) is 0.852. The first-order valence-electron chi connectivity index (χ1n) is 30.9. The maximum absolute atomic E-state index is 11.4. The Labute approximate surface area is 485 Å². The van der Waals surface area contributed by atoms with Crippen molar-refractivity contribution in [2.75, 3.05) is 26.4 Å². The smallest absolute Gasteiger partial charge is 0.333 e. The third-order valence-electron chi connectivity index (χ3n) is 17.3. The predicted octanol–water partition coefficient (Wildman–Crippen LogP) is 17.1. The van der Waals surface area contributed by atoms with E-state index in [-0.39, 0.29) is 43.4 Å². The average molecular weight is 1140 g/mol. The summed E-state index contributed by atoms with van der Waals surface area (Å²) in [6, 6.07) is 0.794. The van der Waals surface area contributed by atoms with Gasteiger partial charge in [0.1, 0.15) is 6.29 Å². The Balaban J connectivity index is 0.000000491. The van der Waals surface area contributed by atoms with Gasteiger partial charge >= 0.3 is 11.9 Å². The minimum atomic E-state index is -0.635. The Hall–Kier alpha value is -5.05. The van der Waals surface area contributed by atoms with Gasteiger partial charge < -0.3 is 25.2 Å². The van der Waals surface area contributed by atoms with Crippen molar-refractivity contribution in [3.05, 3.63) is 76.7 Å². The van der Waals surface area contributed by atoms with Crippen LogP contribution in [0.2, 0.25) is 0 Å². The van der Waals surface area contributed by atoms with Crippen LogP contribution in [0.5, 0.6) is 0 Å². The molecule has 81 heavy (non-hydrogen) atoms. The number of esters is 1. The minimum absolute atomic E-state index is 0.161. The maximum Gasteiger partial charge on any atom is 0.333 e. The highest BCUT2D eigenvalue weighted by Crippen LogP contribution is 2.34. The minimum Gasteiger partial charge on any atom is -0.481 e. The van der Waals surface area contributed by atoms with E-state index in [1.54, 1.807) is 6.92 Å². The molecule has 0 amide bonds. The number of carbonyl (C=O) groups excluding carboxylic acids is 2. The van der Waals surface area contributed by atoms with E-state index in [0.29, 0.717) is 54.8 Å². The van der Waals surface area contributed by atoms with Gasteiger partial charge in [-0.2, -0.15) is 0 Å². The second kappa shape index (κ2) is 47.4. The lowest BCUT2D eigenvalue weighted by Crippen LogP contribution is -2.17. The monoisotopic (exact) mass is 1130 g/mol. The first-order valence-corrected chi connectivity index (χ1v) is 30.9. The Morgan fingerprint density at radius 2 is 0.815 bits per heavy atom. The average Bonchev–Trinajstić information content (AvgIpc) is 3.47. The molecule has 6 fully saturated rings. The summed E-state index contributed by atoms with van der Waals surface area (Å²) < 4.78 is 4.93. The topological polar surface area (TPSA) is 336 Å². The number of ether oxygens (including phenoxy) is 1. The van der Waals surface area contributed by atoms with Crippen LogP contribution >= 0.6 is 0 Å². The van der Waals surface area contributed by atoms with E-state index in [9.17, 15) is 14.4 Å². The van der Waals surface area contributed by atoms with Crippen LogP contribution in [0.3, 0.4) is 0 Å². The molecule has 0 aromatic rings. The van der Waals surface area contributed by atoms with Crippen molar-refractivity contribution in [2.24, 2.45) is 67.8 Å². The van der Waals surface area contributed by atoms with Crippen LogP contribution in [0.15, 0.2) is 55.4 Å². The third-order valence-corrected chi connectivity index (χ3v) is 17.3. The van der Waals surface area contributed by atoms with Gasteiger partial charge in [-0.1, -0.05) is 96.6 Å². The van der Waals surface area contributed by atoms with Crippen LogP contribution in [0.1, 0.15) is 234 Å². The molecule has 6 aliphatic carbocycles. The summed E-state index contributed by atoms with van der Waals surface area (Å²) in [5.74, 6) is 4.81. The number of rotatable bonds is 20. The highest BCUT2D eigenvalue weighted by molar-refractivity contribution is 5.87. The summed E-state index contributed by atoms with van der Waals surface area (Å²) in [4.78, 5) is 43.5. The third kappa shape index (κ3) is 37.6. The molecular formula is C61H106N12O8. The lowest BCUT2D eigenvalue weighted by atomic mass is 9.81. The van der Waals surface area contributed by atoms with Crippen LogP contribution < -0.4 is 0 Å². The number of allylic oxidation sites excluding steroid dienone is 4. The molecule has 0 spiro atoms. The molecule has 0 aromatic heterocycles. The Morgan fingerprint density at radius 3 is 1.12 bits per heavy atom. The fourth-order valence-corrected chi connectivity index (χ4v) is 11.6. The summed E-state index contributed by atoms with van der Waals surface area (Å²) in [5.41, 5.74) is 35.7. The van der Waals surface area contributed by atoms with Crippen molar-refractivity contribution in [3.8, 4) is 0 Å². The van der Waals surface area contributed by atoms with Crippen molar-refractivity contribution in [2.45, 2.75) is 258 Å². The van der Waals surface area contributed by atoms with Gasteiger partial charge in [0.15, 0.2) is 0 Å². The number of carboxylic acids is 1. The number of carboxylic acid groups (broad SMARTS) is 1. The van der Waals surface area contributed by atoms with E-state index < -0.39 is 5.97 Å². The Bertz CT molecular complexity index is 2000. The molecule has 0 unspecified atom stereocenters. The number of aldehydes is 1. The Morgan fingerprint density at radius 1 is 0.494 bits per heavy atom. The van der Waals surface area contributed by atoms with Gasteiger partial charge in [0, 0.05) is 69.0 Å². The van der Waals surface area contributed by atoms with Gasteiger partial charge in [-0.3, -0.25) is 9.59 Å². The zero-order valence-electron chi connectivity index (χ0n) is 50.6. The zero-order valence-corrected chi connectivity index (χ0v) is 50.6. The Kier molecular flexibility index (Phi) is 43.3. The van der Waals surface area contributed by atoms with E-state index >= 15 is 0 Å². The van der Waals surface area contributed by atoms with E-state index in [4.69, 9.17) is 47.3 Å². The fourth-order valence-electron chi connectivity index (χ4n) is 11.6. The van der Waals surface area contributed by atoms with E-state index in [1.807, 2.05) is 32.9 Å². The van der Waals surface area contributed by atoms with Crippen LogP contribution in [0.4, 0.5) is 0 Å². The number of hydrogen-bond acceptors (Lipinski definition) is 11. The number of aliphatic carboxylic acids is 1. The van der Waals surface area contributed by atoms with E-state index in [0.717, 1.165) is 183 Å². The lowest BCUT2D eigenvalue weighted by molar-refractivity contribution is -0.139. The van der Waals surface area contributed by atoms with Crippen LogP contribution in [-0.2, 0) is 19.1 Å². The van der Waals surface area contributed by atoms with Crippen LogP contribution in [0, 0.1) is 47.3 Å². The van der Waals surface area contributed by atoms with Gasteiger partial charge in [0.2, 0.25) is 0 Å². The molecule has 0 radical (unpaired) electrons. The molecule has 0 bridgehead atoms. The molecule has 0 heterocycles. The lowest BCUT2D eigenvalue weighted by Gasteiger charge is -2.25. The summed E-state index contributed by atoms with van der Waals surface area (Å²) >= 11 is 0. The number of nitrogens with zero attached hydrogens (tertiary/aromatic N) is 12. The second-order valence-corrected chi connectivity index (χ2v) is 24.0. The van der Waals surface area contributed by atoms with Crippen LogP contribution in [-0.4, -0.2) is 89.2 Å². The summed E-state index contributed by atoms with van der Waals surface area (Å²) in [6.45, 7) is 13.2. The highest BCUT2D eigenvalue weighted by atomic mass is 16.5.